The summed E-state index contributed by atoms with van der Waals surface area (Å²) < 4.78 is 10.7. The van der Waals surface area contributed by atoms with Crippen molar-refractivity contribution in [2.24, 2.45) is 5.92 Å². The Morgan fingerprint density at radius 2 is 2.00 bits per heavy atom. The summed E-state index contributed by atoms with van der Waals surface area (Å²) in [6, 6.07) is 6.17. The minimum atomic E-state index is 0.148. The predicted molar refractivity (Wildman–Crippen MR) is 79.4 cm³/mol. The molecule has 0 aromatic heterocycles. The van der Waals surface area contributed by atoms with Crippen LogP contribution in [-0.2, 0) is 11.2 Å². The van der Waals surface area contributed by atoms with Crippen LogP contribution in [0.3, 0.4) is 0 Å². The molecule has 2 aliphatic rings. The highest BCUT2D eigenvalue weighted by Crippen LogP contribution is 2.34. The van der Waals surface area contributed by atoms with E-state index in [1.165, 1.54) is 5.56 Å². The highest BCUT2D eigenvalue weighted by Gasteiger charge is 2.23. The Bertz CT molecular complexity index is 498. The van der Waals surface area contributed by atoms with E-state index >= 15 is 0 Å². The van der Waals surface area contributed by atoms with Crippen molar-refractivity contribution in [3.05, 3.63) is 23.8 Å². The highest BCUT2D eigenvalue weighted by atomic mass is 32.1. The highest BCUT2D eigenvalue weighted by molar-refractivity contribution is 7.81. The first kappa shape index (κ1) is 13.6. The fourth-order valence-corrected chi connectivity index (χ4v) is 3.09. The summed E-state index contributed by atoms with van der Waals surface area (Å²) in [4.78, 5) is 13.5. The lowest BCUT2D eigenvalue weighted by molar-refractivity contribution is -0.129. The Labute approximate surface area is 124 Å². The number of piperidine rings is 1. The first-order valence-electron chi connectivity index (χ1n) is 7.03. The van der Waals surface area contributed by atoms with Gasteiger partial charge >= 0.3 is 0 Å². The van der Waals surface area contributed by atoms with Crippen LogP contribution in [0.15, 0.2) is 18.2 Å². The summed E-state index contributed by atoms with van der Waals surface area (Å²) in [5.41, 5.74) is 1.29. The lowest BCUT2D eigenvalue weighted by Gasteiger charge is -2.31. The number of nitrogens with zero attached hydrogens (tertiary/aromatic N) is 1. The van der Waals surface area contributed by atoms with Crippen molar-refractivity contribution in [2.75, 3.05) is 25.6 Å². The van der Waals surface area contributed by atoms with Crippen LogP contribution < -0.4 is 9.47 Å². The predicted octanol–water partition coefficient (Wildman–Crippen LogP) is 2.13. The molecule has 0 spiro atoms. The maximum Gasteiger partial charge on any atom is 0.232 e. The quantitative estimate of drug-likeness (QED) is 0.868. The molecule has 1 saturated heterocycles. The SMILES string of the molecule is O=C(CS)N1CCC(Cc2ccc3c(c2)OCO3)CC1. The number of rotatable bonds is 3. The molecule has 0 saturated carbocycles. The molecule has 0 N–H and O–H groups in total. The Balaban J connectivity index is 1.56. The first-order chi connectivity index (χ1) is 9.76. The lowest BCUT2D eigenvalue weighted by atomic mass is 9.90. The molecule has 0 atom stereocenters. The molecule has 1 aromatic rings. The average molecular weight is 293 g/mol. The molecule has 1 fully saturated rings. The van der Waals surface area contributed by atoms with Gasteiger partial charge in [0.15, 0.2) is 11.5 Å². The van der Waals surface area contributed by atoms with Crippen molar-refractivity contribution in [1.82, 2.24) is 4.90 Å². The van der Waals surface area contributed by atoms with E-state index in [1.54, 1.807) is 0 Å². The Morgan fingerprint density at radius 3 is 2.75 bits per heavy atom. The van der Waals surface area contributed by atoms with Gasteiger partial charge in [-0.1, -0.05) is 6.07 Å². The number of benzene rings is 1. The zero-order chi connectivity index (χ0) is 13.9. The van der Waals surface area contributed by atoms with Gasteiger partial charge in [-0.25, -0.2) is 0 Å². The van der Waals surface area contributed by atoms with E-state index in [2.05, 4.69) is 24.8 Å². The third-order valence-electron chi connectivity index (χ3n) is 4.06. The number of amides is 1. The second-order valence-electron chi connectivity index (χ2n) is 5.37. The number of hydrogen-bond donors (Lipinski definition) is 1. The van der Waals surface area contributed by atoms with Crippen LogP contribution in [-0.4, -0.2) is 36.4 Å². The van der Waals surface area contributed by atoms with Crippen LogP contribution in [0.5, 0.6) is 11.5 Å². The van der Waals surface area contributed by atoms with Crippen molar-refractivity contribution in [3.63, 3.8) is 0 Å². The van der Waals surface area contributed by atoms with Crippen LogP contribution in [0.25, 0.3) is 0 Å². The fraction of sp³-hybridized carbons (Fsp3) is 0.533. The van der Waals surface area contributed by atoms with Crippen LogP contribution >= 0.6 is 12.6 Å². The summed E-state index contributed by atoms with van der Waals surface area (Å²) in [5.74, 6) is 2.79. The molecule has 1 amide bonds. The molecular weight excluding hydrogens is 274 g/mol. The second kappa shape index (κ2) is 5.95. The van der Waals surface area contributed by atoms with Gasteiger partial charge in [-0.15, -0.1) is 0 Å². The van der Waals surface area contributed by atoms with Gasteiger partial charge in [-0.05, 0) is 42.9 Å². The largest absolute Gasteiger partial charge is 0.454 e. The Kier molecular flexibility index (Phi) is 4.05. The number of carbonyl (C=O) groups is 1. The maximum atomic E-state index is 11.6. The number of ether oxygens (including phenoxy) is 2. The molecule has 2 heterocycles. The second-order valence-corrected chi connectivity index (χ2v) is 5.69. The summed E-state index contributed by atoms with van der Waals surface area (Å²) in [7, 11) is 0. The molecule has 0 aliphatic carbocycles. The Morgan fingerprint density at radius 1 is 1.25 bits per heavy atom. The van der Waals surface area contributed by atoms with Gasteiger partial charge in [0, 0.05) is 13.1 Å². The molecule has 4 nitrogen and oxygen atoms in total. The van der Waals surface area contributed by atoms with E-state index in [0.29, 0.717) is 18.5 Å². The molecular formula is C15H19NO3S. The van der Waals surface area contributed by atoms with E-state index in [9.17, 15) is 4.79 Å². The smallest absolute Gasteiger partial charge is 0.232 e. The molecule has 5 heteroatoms. The zero-order valence-electron chi connectivity index (χ0n) is 11.4. The van der Waals surface area contributed by atoms with Crippen LogP contribution in [0.1, 0.15) is 18.4 Å². The maximum absolute atomic E-state index is 11.6. The van der Waals surface area contributed by atoms with E-state index < -0.39 is 0 Å². The first-order valence-corrected chi connectivity index (χ1v) is 7.66. The van der Waals surface area contributed by atoms with Crippen molar-refractivity contribution >= 4 is 18.5 Å². The van der Waals surface area contributed by atoms with Gasteiger partial charge in [-0.3, -0.25) is 4.79 Å². The fourth-order valence-electron chi connectivity index (χ4n) is 2.89. The Hall–Kier alpha value is -1.36. The van der Waals surface area contributed by atoms with Gasteiger partial charge in [0.2, 0.25) is 12.7 Å². The van der Waals surface area contributed by atoms with Crippen molar-refractivity contribution in [2.45, 2.75) is 19.3 Å². The monoisotopic (exact) mass is 293 g/mol. The van der Waals surface area contributed by atoms with Gasteiger partial charge in [-0.2, -0.15) is 12.6 Å². The molecule has 20 heavy (non-hydrogen) atoms. The lowest BCUT2D eigenvalue weighted by Crippen LogP contribution is -2.39. The molecule has 2 aliphatic heterocycles. The van der Waals surface area contributed by atoms with Crippen molar-refractivity contribution in [3.8, 4) is 11.5 Å². The van der Waals surface area contributed by atoms with Gasteiger partial charge in [0.25, 0.3) is 0 Å². The standard InChI is InChI=1S/C15H19NO3S/c17-15(9-20)16-5-3-11(4-6-16)7-12-1-2-13-14(8-12)19-10-18-13/h1-2,8,11,20H,3-7,9-10H2. The van der Waals surface area contributed by atoms with Crippen LogP contribution in [0, 0.1) is 5.92 Å². The van der Waals surface area contributed by atoms with Gasteiger partial charge in [0.1, 0.15) is 0 Å². The minimum Gasteiger partial charge on any atom is -0.454 e. The summed E-state index contributed by atoms with van der Waals surface area (Å²) >= 11 is 4.05. The summed E-state index contributed by atoms with van der Waals surface area (Å²) in [6.45, 7) is 2.03. The topological polar surface area (TPSA) is 38.8 Å². The van der Waals surface area contributed by atoms with E-state index in [0.717, 1.165) is 43.9 Å². The van der Waals surface area contributed by atoms with E-state index in [1.807, 2.05) is 11.0 Å². The number of fused-ring (bicyclic) bond motifs is 1. The zero-order valence-corrected chi connectivity index (χ0v) is 12.3. The number of carbonyl (C=O) groups excluding carboxylic acids is 1. The normalized spacial score (nSPS) is 18.4. The molecule has 0 bridgehead atoms. The van der Waals surface area contributed by atoms with Gasteiger partial charge in [0.05, 0.1) is 5.75 Å². The molecule has 1 aromatic carbocycles. The molecule has 108 valence electrons. The summed E-state index contributed by atoms with van der Waals surface area (Å²) in [6.07, 6.45) is 3.17. The third kappa shape index (κ3) is 2.87. The number of likely N-dealkylation sites (tertiary alicyclic amines) is 1. The molecule has 0 radical (unpaired) electrons. The third-order valence-corrected chi connectivity index (χ3v) is 4.33. The van der Waals surface area contributed by atoms with Crippen LogP contribution in [0.2, 0.25) is 0 Å². The van der Waals surface area contributed by atoms with Crippen molar-refractivity contribution in [1.29, 1.82) is 0 Å². The number of thiol groups is 1. The summed E-state index contributed by atoms with van der Waals surface area (Å²) in [5, 5.41) is 0. The minimum absolute atomic E-state index is 0.148. The average Bonchev–Trinajstić information content (AvgIpc) is 2.95. The molecule has 3 rings (SSSR count). The number of hydrogen-bond acceptors (Lipinski definition) is 4. The van der Waals surface area contributed by atoms with Crippen molar-refractivity contribution < 1.29 is 14.3 Å². The molecule has 0 unspecified atom stereocenters. The van der Waals surface area contributed by atoms with E-state index in [-0.39, 0.29) is 5.91 Å². The van der Waals surface area contributed by atoms with E-state index in [4.69, 9.17) is 9.47 Å². The van der Waals surface area contributed by atoms with Crippen LogP contribution in [0.4, 0.5) is 0 Å². The van der Waals surface area contributed by atoms with Gasteiger partial charge < -0.3 is 14.4 Å².